The zero-order valence-corrected chi connectivity index (χ0v) is 9.39. The van der Waals surface area contributed by atoms with Crippen LogP contribution >= 0.6 is 23.2 Å². The number of nitrogens with zero attached hydrogens (tertiary/aromatic N) is 1. The summed E-state index contributed by atoms with van der Waals surface area (Å²) in [6.07, 6.45) is 0. The third kappa shape index (κ3) is 2.41. The lowest BCUT2D eigenvalue weighted by atomic mass is 10.1. The van der Waals surface area contributed by atoms with E-state index < -0.39 is 5.97 Å². The number of carbonyl (C=O) groups is 1. The quantitative estimate of drug-likeness (QED) is 0.593. The summed E-state index contributed by atoms with van der Waals surface area (Å²) in [6, 6.07) is 4.78. The summed E-state index contributed by atoms with van der Waals surface area (Å²) in [7, 11) is 1.26. The molecule has 1 aromatic carbocycles. The number of alkyl halides is 1. The molecule has 1 rings (SSSR count). The van der Waals surface area contributed by atoms with Crippen LogP contribution in [-0.4, -0.2) is 13.1 Å². The van der Waals surface area contributed by atoms with Gasteiger partial charge in [0.15, 0.2) is 0 Å². The highest BCUT2D eigenvalue weighted by Gasteiger charge is 2.15. The van der Waals surface area contributed by atoms with Crippen molar-refractivity contribution in [3.05, 3.63) is 33.8 Å². The fourth-order valence-corrected chi connectivity index (χ4v) is 1.77. The minimum atomic E-state index is -0.551. The van der Waals surface area contributed by atoms with Crippen molar-refractivity contribution in [2.75, 3.05) is 7.11 Å². The Labute approximate surface area is 97.2 Å². The fourth-order valence-electron chi connectivity index (χ4n) is 1.13. The lowest BCUT2D eigenvalue weighted by Crippen LogP contribution is -2.06. The molecule has 0 N–H and O–H groups in total. The summed E-state index contributed by atoms with van der Waals surface area (Å²) >= 11 is 11.5. The molecule has 1 aromatic rings. The van der Waals surface area contributed by atoms with Gasteiger partial charge < -0.3 is 4.74 Å². The van der Waals surface area contributed by atoms with Gasteiger partial charge in [-0.1, -0.05) is 11.6 Å². The number of esters is 1. The number of halogens is 2. The molecule has 0 radical (unpaired) electrons. The topological polar surface area (TPSA) is 50.1 Å². The molecular weight excluding hydrogens is 237 g/mol. The van der Waals surface area contributed by atoms with Crippen molar-refractivity contribution in [1.29, 1.82) is 5.26 Å². The van der Waals surface area contributed by atoms with E-state index >= 15 is 0 Å². The Kier molecular flexibility index (Phi) is 3.96. The van der Waals surface area contributed by atoms with Gasteiger partial charge >= 0.3 is 5.97 Å². The van der Waals surface area contributed by atoms with Crippen LogP contribution in [0.15, 0.2) is 12.1 Å². The van der Waals surface area contributed by atoms with E-state index in [0.29, 0.717) is 16.1 Å². The van der Waals surface area contributed by atoms with Gasteiger partial charge in [0.25, 0.3) is 0 Å². The summed E-state index contributed by atoms with van der Waals surface area (Å²) in [6.45, 7) is 0. The third-order valence-corrected chi connectivity index (χ3v) is 2.47. The molecule has 0 saturated heterocycles. The molecule has 5 heteroatoms. The molecule has 0 unspecified atom stereocenters. The van der Waals surface area contributed by atoms with E-state index in [9.17, 15) is 4.79 Å². The maximum Gasteiger partial charge on any atom is 0.338 e. The van der Waals surface area contributed by atoms with Crippen LogP contribution in [0.3, 0.4) is 0 Å². The maximum atomic E-state index is 11.4. The first-order valence-corrected chi connectivity index (χ1v) is 4.92. The van der Waals surface area contributed by atoms with Gasteiger partial charge in [0.05, 0.1) is 24.3 Å². The molecule has 0 heterocycles. The van der Waals surface area contributed by atoms with Crippen LogP contribution in [0.4, 0.5) is 0 Å². The van der Waals surface area contributed by atoms with Gasteiger partial charge in [-0.2, -0.15) is 5.26 Å². The number of ether oxygens (including phenoxy) is 1. The van der Waals surface area contributed by atoms with Gasteiger partial charge in [-0.25, -0.2) is 4.79 Å². The first kappa shape index (κ1) is 11.8. The zero-order chi connectivity index (χ0) is 11.4. The van der Waals surface area contributed by atoms with Crippen LogP contribution < -0.4 is 0 Å². The number of hydrogen-bond acceptors (Lipinski definition) is 3. The lowest BCUT2D eigenvalue weighted by molar-refractivity contribution is 0.0599. The maximum absolute atomic E-state index is 11.4. The molecule has 0 aliphatic rings. The minimum absolute atomic E-state index is 0.0922. The molecule has 0 atom stereocenters. The van der Waals surface area contributed by atoms with Crippen molar-refractivity contribution in [2.24, 2.45) is 0 Å². The molecule has 3 nitrogen and oxygen atoms in total. The Morgan fingerprint density at radius 2 is 2.27 bits per heavy atom. The Bertz CT molecular complexity index is 438. The van der Waals surface area contributed by atoms with Crippen molar-refractivity contribution in [1.82, 2.24) is 0 Å². The van der Waals surface area contributed by atoms with E-state index in [2.05, 4.69) is 4.74 Å². The molecule has 0 amide bonds. The van der Waals surface area contributed by atoms with Gasteiger partial charge in [0.2, 0.25) is 0 Å². The number of rotatable bonds is 2. The zero-order valence-electron chi connectivity index (χ0n) is 7.88. The fraction of sp³-hybridized carbons (Fsp3) is 0.200. The van der Waals surface area contributed by atoms with E-state index in [-0.39, 0.29) is 11.4 Å². The van der Waals surface area contributed by atoms with Gasteiger partial charge in [-0.3, -0.25) is 0 Å². The molecule has 0 spiro atoms. The van der Waals surface area contributed by atoms with Crippen LogP contribution in [0, 0.1) is 11.3 Å². The highest BCUT2D eigenvalue weighted by molar-refractivity contribution is 6.33. The molecule has 0 aliphatic carbocycles. The standard InChI is InChI=1S/C10H7Cl2NO2/c1-15-10(14)7-2-6(5-13)3-9(12)8(7)4-11/h2-3H,4H2,1H3. The van der Waals surface area contributed by atoms with E-state index in [4.69, 9.17) is 28.5 Å². The molecular formula is C10H7Cl2NO2. The van der Waals surface area contributed by atoms with Crippen LogP contribution in [0.1, 0.15) is 21.5 Å². The van der Waals surface area contributed by atoms with Crippen LogP contribution in [-0.2, 0) is 10.6 Å². The number of methoxy groups -OCH3 is 1. The van der Waals surface area contributed by atoms with Crippen molar-refractivity contribution < 1.29 is 9.53 Å². The predicted molar refractivity (Wildman–Crippen MR) is 57.1 cm³/mol. The molecule has 0 fully saturated rings. The first-order chi connectivity index (χ1) is 7.13. The summed E-state index contributed by atoms with van der Waals surface area (Å²) in [5, 5.41) is 9.01. The number of benzene rings is 1. The summed E-state index contributed by atoms with van der Waals surface area (Å²) in [4.78, 5) is 11.4. The van der Waals surface area contributed by atoms with Gasteiger partial charge in [0.1, 0.15) is 0 Å². The second-order valence-electron chi connectivity index (χ2n) is 2.72. The number of hydrogen-bond donors (Lipinski definition) is 0. The molecule has 0 aromatic heterocycles. The summed E-state index contributed by atoms with van der Waals surface area (Å²) in [5.41, 5.74) is 1.01. The van der Waals surface area contributed by atoms with E-state index in [1.54, 1.807) is 0 Å². The molecule has 0 bridgehead atoms. The van der Waals surface area contributed by atoms with Gasteiger partial charge in [0, 0.05) is 16.5 Å². The van der Waals surface area contributed by atoms with Crippen LogP contribution in [0.2, 0.25) is 5.02 Å². The van der Waals surface area contributed by atoms with E-state index in [1.165, 1.54) is 19.2 Å². The minimum Gasteiger partial charge on any atom is -0.465 e. The Hall–Kier alpha value is -1.24. The summed E-state index contributed by atoms with van der Waals surface area (Å²) in [5.74, 6) is -0.459. The highest BCUT2D eigenvalue weighted by atomic mass is 35.5. The van der Waals surface area contributed by atoms with Crippen LogP contribution in [0.25, 0.3) is 0 Å². The van der Waals surface area contributed by atoms with Crippen molar-refractivity contribution >= 4 is 29.2 Å². The van der Waals surface area contributed by atoms with Crippen molar-refractivity contribution in [3.63, 3.8) is 0 Å². The van der Waals surface area contributed by atoms with Gasteiger partial charge in [-0.15, -0.1) is 11.6 Å². The molecule has 0 aliphatic heterocycles. The summed E-state index contributed by atoms with van der Waals surface area (Å²) < 4.78 is 4.57. The lowest BCUT2D eigenvalue weighted by Gasteiger charge is -2.07. The van der Waals surface area contributed by atoms with Crippen molar-refractivity contribution in [2.45, 2.75) is 5.88 Å². The second kappa shape index (κ2) is 5.01. The van der Waals surface area contributed by atoms with Crippen LogP contribution in [0.5, 0.6) is 0 Å². The van der Waals surface area contributed by atoms with Crippen molar-refractivity contribution in [3.8, 4) is 6.07 Å². The normalized spacial score (nSPS) is 9.47. The first-order valence-electron chi connectivity index (χ1n) is 4.00. The average Bonchev–Trinajstić information content (AvgIpc) is 2.26. The predicted octanol–water partition coefficient (Wildman–Crippen LogP) is 2.74. The Balaban J connectivity index is 3.40. The molecule has 0 saturated carbocycles. The second-order valence-corrected chi connectivity index (χ2v) is 3.40. The monoisotopic (exact) mass is 243 g/mol. The Morgan fingerprint density at radius 1 is 1.60 bits per heavy atom. The third-order valence-electron chi connectivity index (χ3n) is 1.86. The largest absolute Gasteiger partial charge is 0.465 e. The average molecular weight is 244 g/mol. The highest BCUT2D eigenvalue weighted by Crippen LogP contribution is 2.24. The van der Waals surface area contributed by atoms with E-state index in [0.717, 1.165) is 0 Å². The molecule has 15 heavy (non-hydrogen) atoms. The van der Waals surface area contributed by atoms with Gasteiger partial charge in [-0.05, 0) is 12.1 Å². The number of carbonyl (C=O) groups excluding carboxylic acids is 1. The SMILES string of the molecule is COC(=O)c1cc(C#N)cc(Cl)c1CCl. The Morgan fingerprint density at radius 3 is 2.73 bits per heavy atom. The number of nitriles is 1. The smallest absolute Gasteiger partial charge is 0.338 e. The van der Waals surface area contributed by atoms with E-state index in [1.807, 2.05) is 6.07 Å². The molecule has 78 valence electrons.